The number of benzene rings is 1. The van der Waals surface area contributed by atoms with E-state index in [0.717, 1.165) is 28.9 Å². The highest BCUT2D eigenvalue weighted by molar-refractivity contribution is 6.07. The molecule has 0 saturated carbocycles. The van der Waals surface area contributed by atoms with Crippen molar-refractivity contribution in [3.8, 4) is 0 Å². The number of carbonyl (C=O) groups is 3. The third kappa shape index (κ3) is 4.13. The monoisotopic (exact) mass is 437 g/mol. The number of anilines is 1. The molecule has 0 radical (unpaired) electrons. The van der Waals surface area contributed by atoms with Crippen molar-refractivity contribution in [2.24, 2.45) is 11.8 Å². The van der Waals surface area contributed by atoms with Crippen LogP contribution in [0.15, 0.2) is 30.7 Å². The number of aryl methyl sites for hydroxylation is 1. The van der Waals surface area contributed by atoms with E-state index < -0.39 is 12.1 Å². The van der Waals surface area contributed by atoms with Crippen molar-refractivity contribution >= 4 is 23.4 Å². The van der Waals surface area contributed by atoms with Gasteiger partial charge in [0.15, 0.2) is 0 Å². The molecule has 8 nitrogen and oxygen atoms in total. The summed E-state index contributed by atoms with van der Waals surface area (Å²) in [4.78, 5) is 48.1. The number of rotatable bonds is 7. The van der Waals surface area contributed by atoms with Crippen LogP contribution in [0.25, 0.3) is 0 Å². The van der Waals surface area contributed by atoms with Gasteiger partial charge >= 0.3 is 0 Å². The Bertz CT molecular complexity index is 1000. The van der Waals surface area contributed by atoms with Gasteiger partial charge in [-0.15, -0.1) is 0 Å². The fourth-order valence-corrected chi connectivity index (χ4v) is 4.57. The molecule has 0 spiro atoms. The predicted octanol–water partition coefficient (Wildman–Crippen LogP) is 2.10. The number of hydrogen-bond donors (Lipinski definition) is 3. The summed E-state index contributed by atoms with van der Waals surface area (Å²) in [7, 11) is 0. The maximum absolute atomic E-state index is 13.6. The van der Waals surface area contributed by atoms with Gasteiger partial charge in [-0.2, -0.15) is 0 Å². The second-order valence-corrected chi connectivity index (χ2v) is 8.92. The molecular weight excluding hydrogens is 406 g/mol. The molecule has 1 aromatic carbocycles. The highest BCUT2D eigenvalue weighted by atomic mass is 16.2. The molecule has 4 rings (SSSR count). The Kier molecular flexibility index (Phi) is 6.30. The highest BCUT2D eigenvalue weighted by Gasteiger charge is 2.44. The first kappa shape index (κ1) is 22.0. The minimum atomic E-state index is -0.643. The second-order valence-electron chi connectivity index (χ2n) is 8.92. The molecular formula is C24H31N5O3. The summed E-state index contributed by atoms with van der Waals surface area (Å²) in [6.45, 7) is 6.31. The quantitative estimate of drug-likeness (QED) is 0.617. The van der Waals surface area contributed by atoms with E-state index in [-0.39, 0.29) is 29.6 Å². The Hall–Kier alpha value is -3.16. The topological polar surface area (TPSA) is 107 Å². The largest absolute Gasteiger partial charge is 0.349 e. The molecule has 3 N–H and O–H groups in total. The lowest BCUT2D eigenvalue weighted by molar-refractivity contribution is -0.131. The molecule has 32 heavy (non-hydrogen) atoms. The van der Waals surface area contributed by atoms with Crippen LogP contribution in [0.3, 0.4) is 0 Å². The Morgan fingerprint density at radius 3 is 2.78 bits per heavy atom. The lowest BCUT2D eigenvalue weighted by atomic mass is 9.92. The summed E-state index contributed by atoms with van der Waals surface area (Å²) in [6, 6.07) is 4.69. The number of aromatic amines is 1. The molecule has 3 heterocycles. The van der Waals surface area contributed by atoms with Crippen LogP contribution in [0.4, 0.5) is 5.69 Å². The molecule has 1 aromatic heterocycles. The van der Waals surface area contributed by atoms with Gasteiger partial charge < -0.3 is 15.6 Å². The number of H-pyrrole nitrogens is 1. The first-order chi connectivity index (χ1) is 15.4. The van der Waals surface area contributed by atoms with E-state index in [1.807, 2.05) is 32.0 Å². The van der Waals surface area contributed by atoms with Gasteiger partial charge in [-0.1, -0.05) is 45.4 Å². The van der Waals surface area contributed by atoms with Gasteiger partial charge in [-0.25, -0.2) is 4.98 Å². The van der Waals surface area contributed by atoms with Crippen molar-refractivity contribution in [1.29, 1.82) is 0 Å². The summed E-state index contributed by atoms with van der Waals surface area (Å²) in [5, 5.41) is 5.90. The average molecular weight is 438 g/mol. The van der Waals surface area contributed by atoms with Crippen LogP contribution in [-0.2, 0) is 33.8 Å². The van der Waals surface area contributed by atoms with E-state index in [9.17, 15) is 14.4 Å². The predicted molar refractivity (Wildman–Crippen MR) is 121 cm³/mol. The maximum Gasteiger partial charge on any atom is 0.250 e. The molecule has 0 aliphatic carbocycles. The minimum absolute atomic E-state index is 0.108. The second kappa shape index (κ2) is 9.14. The fraction of sp³-hybridized carbons (Fsp3) is 0.500. The van der Waals surface area contributed by atoms with Crippen molar-refractivity contribution < 1.29 is 14.4 Å². The van der Waals surface area contributed by atoms with Gasteiger partial charge in [0.05, 0.1) is 24.3 Å². The van der Waals surface area contributed by atoms with Gasteiger partial charge in [0.2, 0.25) is 17.7 Å². The molecule has 8 heteroatoms. The molecule has 0 bridgehead atoms. The summed E-state index contributed by atoms with van der Waals surface area (Å²) in [5.74, 6) is -0.480. The zero-order chi connectivity index (χ0) is 22.8. The average Bonchev–Trinajstić information content (AvgIpc) is 3.43. The zero-order valence-corrected chi connectivity index (χ0v) is 18.9. The van der Waals surface area contributed by atoms with Gasteiger partial charge in [-0.05, 0) is 29.9 Å². The number of para-hydroxylation sites is 1. The third-order valence-electron chi connectivity index (χ3n) is 6.94. The van der Waals surface area contributed by atoms with E-state index >= 15 is 0 Å². The molecule has 170 valence electrons. The summed E-state index contributed by atoms with van der Waals surface area (Å²) >= 11 is 0. The maximum atomic E-state index is 13.6. The van der Waals surface area contributed by atoms with E-state index in [0.29, 0.717) is 25.8 Å². The highest BCUT2D eigenvalue weighted by Crippen LogP contribution is 2.39. The number of nitrogens with one attached hydrogen (secondary N) is 3. The number of amides is 3. The smallest absolute Gasteiger partial charge is 0.250 e. The van der Waals surface area contributed by atoms with Crippen molar-refractivity contribution in [1.82, 2.24) is 20.6 Å². The van der Waals surface area contributed by atoms with E-state index in [1.54, 1.807) is 17.4 Å². The van der Waals surface area contributed by atoms with Gasteiger partial charge in [0, 0.05) is 18.5 Å². The van der Waals surface area contributed by atoms with Crippen molar-refractivity contribution in [3.05, 3.63) is 47.5 Å². The Morgan fingerprint density at radius 2 is 2.06 bits per heavy atom. The molecule has 0 unspecified atom stereocenters. The van der Waals surface area contributed by atoms with Crippen LogP contribution >= 0.6 is 0 Å². The number of hydrogen-bond acceptors (Lipinski definition) is 4. The minimum Gasteiger partial charge on any atom is -0.349 e. The third-order valence-corrected chi connectivity index (χ3v) is 6.94. The SMILES string of the molecule is CC[C@H](C)[C@H](C)C(=O)N[C@H]1CCc2cccc3c2N(C1=O)[C@H](C(=O)NCc1cnc[nH]1)C3. The van der Waals surface area contributed by atoms with Crippen LogP contribution < -0.4 is 15.5 Å². The fourth-order valence-electron chi connectivity index (χ4n) is 4.57. The molecule has 2 aliphatic rings. The van der Waals surface area contributed by atoms with Crippen molar-refractivity contribution in [3.63, 3.8) is 0 Å². The summed E-state index contributed by atoms with van der Waals surface area (Å²) in [5.41, 5.74) is 3.68. The summed E-state index contributed by atoms with van der Waals surface area (Å²) < 4.78 is 0. The van der Waals surface area contributed by atoms with Crippen LogP contribution in [0.5, 0.6) is 0 Å². The number of carbonyl (C=O) groups excluding carboxylic acids is 3. The molecule has 4 atom stereocenters. The van der Waals surface area contributed by atoms with Crippen LogP contribution in [0.2, 0.25) is 0 Å². The van der Waals surface area contributed by atoms with Crippen molar-refractivity contribution in [2.45, 2.75) is 65.1 Å². The lowest BCUT2D eigenvalue weighted by Gasteiger charge is -2.29. The molecule has 0 fully saturated rings. The Morgan fingerprint density at radius 1 is 1.28 bits per heavy atom. The summed E-state index contributed by atoms with van der Waals surface area (Å²) in [6.07, 6.45) is 5.78. The first-order valence-corrected chi connectivity index (χ1v) is 11.4. The number of imidazole rings is 1. The zero-order valence-electron chi connectivity index (χ0n) is 18.9. The Balaban J connectivity index is 1.56. The molecule has 0 saturated heterocycles. The lowest BCUT2D eigenvalue weighted by Crippen LogP contribution is -2.55. The first-order valence-electron chi connectivity index (χ1n) is 11.4. The molecule has 2 aromatic rings. The molecule has 3 amide bonds. The standard InChI is InChI=1S/C24H31N5O3/c1-4-14(2)15(3)22(30)28-19-9-8-16-6-5-7-17-10-20(29(21(16)17)24(19)32)23(31)26-12-18-11-25-13-27-18/h5-7,11,13-15,19-20H,4,8-10,12H2,1-3H3,(H,25,27)(H,26,31)(H,28,30)/t14-,15-,19-,20-/m0/s1. The van der Waals surface area contributed by atoms with Gasteiger partial charge in [0.1, 0.15) is 12.1 Å². The van der Waals surface area contributed by atoms with E-state index in [2.05, 4.69) is 27.5 Å². The number of aromatic nitrogens is 2. The van der Waals surface area contributed by atoms with E-state index in [1.165, 1.54) is 0 Å². The van der Waals surface area contributed by atoms with Gasteiger partial charge in [0.25, 0.3) is 0 Å². The molecule has 2 aliphatic heterocycles. The number of nitrogens with zero attached hydrogens (tertiary/aromatic N) is 2. The normalized spacial score (nSPS) is 21.5. The van der Waals surface area contributed by atoms with Crippen LogP contribution in [0, 0.1) is 11.8 Å². The van der Waals surface area contributed by atoms with Gasteiger partial charge in [-0.3, -0.25) is 19.3 Å². The van der Waals surface area contributed by atoms with E-state index in [4.69, 9.17) is 0 Å². The van der Waals surface area contributed by atoms with Crippen LogP contribution in [0.1, 0.15) is 50.4 Å². The van der Waals surface area contributed by atoms with Crippen LogP contribution in [-0.4, -0.2) is 39.8 Å². The Labute approximate surface area is 188 Å². The van der Waals surface area contributed by atoms with Crippen molar-refractivity contribution in [2.75, 3.05) is 4.90 Å².